The second kappa shape index (κ2) is 6.89. The molecule has 0 spiro atoms. The second-order valence-electron chi connectivity index (χ2n) is 5.00. The maximum atomic E-state index is 11.6. The highest BCUT2D eigenvalue weighted by Gasteiger charge is 2.09. The lowest BCUT2D eigenvalue weighted by molar-refractivity contribution is 0.0591. The van der Waals surface area contributed by atoms with E-state index in [4.69, 9.17) is 4.74 Å². The van der Waals surface area contributed by atoms with Crippen LogP contribution in [0.15, 0.2) is 42.5 Å². The molecule has 22 heavy (non-hydrogen) atoms. The van der Waals surface area contributed by atoms with Crippen LogP contribution in [0.4, 0.5) is 0 Å². The van der Waals surface area contributed by atoms with Gasteiger partial charge in [-0.2, -0.15) is 0 Å². The molecule has 4 heteroatoms. The lowest BCUT2D eigenvalue weighted by Crippen LogP contribution is -2.04. The minimum Gasteiger partial charge on any atom is -0.465 e. The fourth-order valence-corrected chi connectivity index (χ4v) is 2.20. The summed E-state index contributed by atoms with van der Waals surface area (Å²) in [6, 6.07) is 12.7. The molecule has 4 nitrogen and oxygen atoms in total. The van der Waals surface area contributed by atoms with E-state index in [1.54, 1.807) is 18.2 Å². The Morgan fingerprint density at radius 1 is 0.864 bits per heavy atom. The molecule has 0 aromatic heterocycles. The van der Waals surface area contributed by atoms with Crippen molar-refractivity contribution in [3.63, 3.8) is 0 Å². The molecular formula is C18H18O4. The van der Waals surface area contributed by atoms with Gasteiger partial charge in [-0.1, -0.05) is 18.2 Å². The van der Waals surface area contributed by atoms with E-state index in [9.17, 15) is 9.59 Å². The summed E-state index contributed by atoms with van der Waals surface area (Å²) in [6.45, 7) is 2.00. The third kappa shape index (κ3) is 3.52. The Labute approximate surface area is 129 Å². The molecule has 0 aliphatic rings. The monoisotopic (exact) mass is 298 g/mol. The highest BCUT2D eigenvalue weighted by Crippen LogP contribution is 2.17. The first-order valence-electron chi connectivity index (χ1n) is 6.90. The Bertz CT molecular complexity index is 687. The van der Waals surface area contributed by atoms with Gasteiger partial charge in [-0.25, -0.2) is 9.59 Å². The molecule has 0 aliphatic heterocycles. The number of carbonyl (C=O) groups excluding carboxylic acids is 2. The second-order valence-corrected chi connectivity index (χ2v) is 5.00. The zero-order valence-corrected chi connectivity index (χ0v) is 12.9. The number of hydrogen-bond acceptors (Lipinski definition) is 4. The van der Waals surface area contributed by atoms with Crippen molar-refractivity contribution >= 4 is 11.9 Å². The van der Waals surface area contributed by atoms with Crippen molar-refractivity contribution in [2.45, 2.75) is 13.3 Å². The van der Waals surface area contributed by atoms with E-state index < -0.39 is 0 Å². The summed E-state index contributed by atoms with van der Waals surface area (Å²) in [6.07, 6.45) is 0.679. The quantitative estimate of drug-likeness (QED) is 0.814. The Kier molecular flexibility index (Phi) is 4.94. The topological polar surface area (TPSA) is 52.6 Å². The number of methoxy groups -OCH3 is 2. The van der Waals surface area contributed by atoms with Gasteiger partial charge in [0.25, 0.3) is 0 Å². The lowest BCUT2D eigenvalue weighted by Gasteiger charge is -2.09. The van der Waals surface area contributed by atoms with Crippen LogP contribution in [0.3, 0.4) is 0 Å². The highest BCUT2D eigenvalue weighted by atomic mass is 16.5. The van der Waals surface area contributed by atoms with Crippen LogP contribution in [0.2, 0.25) is 0 Å². The molecule has 0 unspecified atom stereocenters. The summed E-state index contributed by atoms with van der Waals surface area (Å²) < 4.78 is 9.42. The van der Waals surface area contributed by atoms with E-state index in [0.29, 0.717) is 17.5 Å². The fraction of sp³-hybridized carbons (Fsp3) is 0.222. The van der Waals surface area contributed by atoms with Crippen molar-refractivity contribution < 1.29 is 19.1 Å². The average Bonchev–Trinajstić information content (AvgIpc) is 2.56. The van der Waals surface area contributed by atoms with Crippen LogP contribution in [0.25, 0.3) is 0 Å². The van der Waals surface area contributed by atoms with Gasteiger partial charge in [0.2, 0.25) is 0 Å². The van der Waals surface area contributed by atoms with E-state index >= 15 is 0 Å². The summed E-state index contributed by atoms with van der Waals surface area (Å²) in [5.74, 6) is -0.697. The predicted octanol–water partition coefficient (Wildman–Crippen LogP) is 3.16. The van der Waals surface area contributed by atoms with Crippen molar-refractivity contribution in [3.05, 3.63) is 70.3 Å². The third-order valence-corrected chi connectivity index (χ3v) is 3.54. The molecule has 0 radical (unpaired) electrons. The first kappa shape index (κ1) is 15.8. The molecule has 0 amide bonds. The van der Waals surface area contributed by atoms with E-state index in [-0.39, 0.29) is 11.9 Å². The van der Waals surface area contributed by atoms with E-state index in [1.807, 2.05) is 31.2 Å². The predicted molar refractivity (Wildman–Crippen MR) is 83.1 cm³/mol. The summed E-state index contributed by atoms with van der Waals surface area (Å²) in [4.78, 5) is 23.0. The lowest BCUT2D eigenvalue weighted by atomic mass is 9.97. The van der Waals surface area contributed by atoms with Crippen LogP contribution in [-0.2, 0) is 15.9 Å². The van der Waals surface area contributed by atoms with Crippen LogP contribution in [0.5, 0.6) is 0 Å². The minimum absolute atomic E-state index is 0.345. The van der Waals surface area contributed by atoms with Gasteiger partial charge in [-0.15, -0.1) is 0 Å². The zero-order chi connectivity index (χ0) is 16.1. The van der Waals surface area contributed by atoms with Crippen molar-refractivity contribution in [1.29, 1.82) is 0 Å². The van der Waals surface area contributed by atoms with Crippen LogP contribution < -0.4 is 0 Å². The number of rotatable bonds is 4. The van der Waals surface area contributed by atoms with Gasteiger partial charge < -0.3 is 9.47 Å². The molecule has 0 heterocycles. The molecule has 0 fully saturated rings. The molecule has 0 aliphatic carbocycles. The van der Waals surface area contributed by atoms with Gasteiger partial charge in [0.15, 0.2) is 0 Å². The standard InChI is InChI=1S/C18H18O4/c1-12-4-7-15(18(20)22-3)11-16(12)10-13-5-8-14(9-6-13)17(19)21-2/h4-9,11H,10H2,1-3H3. The van der Waals surface area contributed by atoms with Crippen molar-refractivity contribution in [1.82, 2.24) is 0 Å². The molecule has 2 aromatic carbocycles. The molecule has 0 saturated carbocycles. The summed E-state index contributed by atoms with van der Waals surface area (Å²) in [7, 11) is 2.73. The smallest absolute Gasteiger partial charge is 0.337 e. The highest BCUT2D eigenvalue weighted by molar-refractivity contribution is 5.90. The molecule has 114 valence electrons. The Hall–Kier alpha value is -2.62. The Balaban J connectivity index is 2.23. The van der Waals surface area contributed by atoms with Crippen LogP contribution in [0.1, 0.15) is 37.4 Å². The van der Waals surface area contributed by atoms with Crippen LogP contribution in [-0.4, -0.2) is 26.2 Å². The van der Waals surface area contributed by atoms with Gasteiger partial charge in [-0.05, 0) is 54.3 Å². The SMILES string of the molecule is COC(=O)c1ccc(Cc2cc(C(=O)OC)ccc2C)cc1. The molecule has 2 aromatic rings. The average molecular weight is 298 g/mol. The van der Waals surface area contributed by atoms with Crippen molar-refractivity contribution in [2.75, 3.05) is 14.2 Å². The number of aryl methyl sites for hydroxylation is 1. The molecule has 0 atom stereocenters. The maximum absolute atomic E-state index is 11.6. The number of benzene rings is 2. The van der Waals surface area contributed by atoms with Crippen molar-refractivity contribution in [2.24, 2.45) is 0 Å². The molecule has 0 N–H and O–H groups in total. The first-order chi connectivity index (χ1) is 10.5. The van der Waals surface area contributed by atoms with Crippen LogP contribution in [0, 0.1) is 6.92 Å². The number of carbonyl (C=O) groups is 2. The molecule has 0 saturated heterocycles. The van der Waals surface area contributed by atoms with Gasteiger partial charge >= 0.3 is 11.9 Å². The minimum atomic E-state index is -0.351. The Morgan fingerprint density at radius 2 is 1.41 bits per heavy atom. The largest absolute Gasteiger partial charge is 0.465 e. The van der Waals surface area contributed by atoms with Gasteiger partial charge in [-0.3, -0.25) is 0 Å². The van der Waals surface area contributed by atoms with E-state index in [1.165, 1.54) is 14.2 Å². The fourth-order valence-electron chi connectivity index (χ4n) is 2.20. The number of ether oxygens (including phenoxy) is 2. The molecule has 0 bridgehead atoms. The van der Waals surface area contributed by atoms with E-state index in [2.05, 4.69) is 4.74 Å². The first-order valence-corrected chi connectivity index (χ1v) is 6.90. The van der Waals surface area contributed by atoms with Gasteiger partial charge in [0.05, 0.1) is 25.3 Å². The summed E-state index contributed by atoms with van der Waals surface area (Å²) >= 11 is 0. The summed E-state index contributed by atoms with van der Waals surface area (Å²) in [5.41, 5.74) is 4.26. The third-order valence-electron chi connectivity index (χ3n) is 3.54. The zero-order valence-electron chi connectivity index (χ0n) is 12.9. The van der Waals surface area contributed by atoms with Crippen LogP contribution >= 0.6 is 0 Å². The normalized spacial score (nSPS) is 10.1. The maximum Gasteiger partial charge on any atom is 0.337 e. The van der Waals surface area contributed by atoms with Crippen molar-refractivity contribution in [3.8, 4) is 0 Å². The number of hydrogen-bond donors (Lipinski definition) is 0. The van der Waals surface area contributed by atoms with Gasteiger partial charge in [0, 0.05) is 0 Å². The van der Waals surface area contributed by atoms with E-state index in [0.717, 1.165) is 16.7 Å². The summed E-state index contributed by atoms with van der Waals surface area (Å²) in [5, 5.41) is 0. The molecular weight excluding hydrogens is 280 g/mol. The molecule has 2 rings (SSSR count). The van der Waals surface area contributed by atoms with Gasteiger partial charge in [0.1, 0.15) is 0 Å². The Morgan fingerprint density at radius 3 is 2.00 bits per heavy atom. The number of esters is 2.